The van der Waals surface area contributed by atoms with Crippen LogP contribution in [0.15, 0.2) is 40.9 Å². The smallest absolute Gasteiger partial charge is 0.335 e. The zero-order valence-electron chi connectivity index (χ0n) is 20.4. The van der Waals surface area contributed by atoms with E-state index in [0.29, 0.717) is 53.8 Å². The van der Waals surface area contributed by atoms with E-state index in [4.69, 9.17) is 20.9 Å². The molecule has 7 nitrogen and oxygen atoms in total. The van der Waals surface area contributed by atoms with E-state index in [2.05, 4.69) is 10.1 Å². The van der Waals surface area contributed by atoms with Gasteiger partial charge in [-0.05, 0) is 75.3 Å². The molecule has 192 valence electrons. The van der Waals surface area contributed by atoms with Crippen LogP contribution in [0.2, 0.25) is 5.02 Å². The first-order chi connectivity index (χ1) is 17.8. The molecule has 2 aliphatic rings. The first-order valence-electron chi connectivity index (χ1n) is 12.5. The molecule has 0 bridgehead atoms. The van der Waals surface area contributed by atoms with E-state index in [1.54, 1.807) is 18.2 Å². The number of carbonyl (C=O) groups is 1. The van der Waals surface area contributed by atoms with Crippen LogP contribution < -0.4 is 0 Å². The van der Waals surface area contributed by atoms with Gasteiger partial charge in [-0.3, -0.25) is 0 Å². The van der Waals surface area contributed by atoms with Crippen LogP contribution >= 0.6 is 22.9 Å². The molecule has 2 aromatic carbocycles. The predicted molar refractivity (Wildman–Crippen MR) is 141 cm³/mol. The van der Waals surface area contributed by atoms with Crippen LogP contribution in [-0.4, -0.2) is 32.4 Å². The Morgan fingerprint density at radius 2 is 2.00 bits per heavy atom. The Hall–Kier alpha value is -2.78. The van der Waals surface area contributed by atoms with Gasteiger partial charge < -0.3 is 19.5 Å². The Morgan fingerprint density at radius 1 is 1.22 bits per heavy atom. The highest BCUT2D eigenvalue weighted by Gasteiger charge is 2.39. The van der Waals surface area contributed by atoms with Gasteiger partial charge in [0.15, 0.2) is 0 Å². The first kappa shape index (κ1) is 24.6. The average Bonchev–Trinajstić information content (AvgIpc) is 3.49. The van der Waals surface area contributed by atoms with E-state index in [9.17, 15) is 15.0 Å². The molecular formula is C28H27ClN2O5S. The maximum Gasteiger partial charge on any atom is 0.335 e. The van der Waals surface area contributed by atoms with Crippen LogP contribution in [0, 0.1) is 6.92 Å². The third kappa shape index (κ3) is 4.68. The maximum absolute atomic E-state index is 11.4. The van der Waals surface area contributed by atoms with Gasteiger partial charge in [0.2, 0.25) is 0 Å². The van der Waals surface area contributed by atoms with Gasteiger partial charge in [0.1, 0.15) is 22.1 Å². The van der Waals surface area contributed by atoms with Crippen molar-refractivity contribution in [3.63, 3.8) is 0 Å². The van der Waals surface area contributed by atoms with Crippen LogP contribution in [0.5, 0.6) is 0 Å². The summed E-state index contributed by atoms with van der Waals surface area (Å²) in [6.45, 7) is 2.40. The third-order valence-electron chi connectivity index (χ3n) is 7.48. The second-order valence-electron chi connectivity index (χ2n) is 10.1. The standard InChI is InChI=1S/C28H27ClN2O5S/c1-15-3-2-4-20(29)23(15)24-19(25(36-31-24)16-5-6-16)14-35-18-9-11-28(34,12-10-18)27-30-21-13-17(26(32)33)7-8-22(21)37-27/h2-4,7-8,13,16,18,34H,5-6,9-12,14H2,1H3,(H,32,33). The van der Waals surface area contributed by atoms with Crippen molar-refractivity contribution in [1.29, 1.82) is 0 Å². The Bertz CT molecular complexity index is 1460. The number of fused-ring (bicyclic) bond motifs is 1. The number of carboxylic acids is 1. The van der Waals surface area contributed by atoms with Crippen LogP contribution in [0.1, 0.15) is 76.7 Å². The van der Waals surface area contributed by atoms with Crippen molar-refractivity contribution in [1.82, 2.24) is 10.1 Å². The SMILES string of the molecule is Cc1cccc(Cl)c1-c1noc(C2CC2)c1COC1CCC(O)(c2nc3cc(C(=O)O)ccc3s2)CC1. The molecular weight excluding hydrogens is 512 g/mol. The Kier molecular flexibility index (Phi) is 6.31. The highest BCUT2D eigenvalue weighted by Crippen LogP contribution is 2.46. The normalized spacial score (nSPS) is 22.0. The van der Waals surface area contributed by atoms with E-state index in [1.165, 1.54) is 11.3 Å². The van der Waals surface area contributed by atoms with Crippen molar-refractivity contribution < 1.29 is 24.3 Å². The molecule has 2 aliphatic carbocycles. The number of aromatic nitrogens is 2. The fraction of sp³-hybridized carbons (Fsp3) is 0.393. The summed E-state index contributed by atoms with van der Waals surface area (Å²) in [6, 6.07) is 10.7. The van der Waals surface area contributed by atoms with E-state index in [1.807, 2.05) is 25.1 Å². The van der Waals surface area contributed by atoms with Crippen molar-refractivity contribution in [2.24, 2.45) is 0 Å². The molecule has 2 heterocycles. The molecule has 0 saturated heterocycles. The Morgan fingerprint density at radius 3 is 2.70 bits per heavy atom. The summed E-state index contributed by atoms with van der Waals surface area (Å²) in [5.74, 6) is 0.301. The summed E-state index contributed by atoms with van der Waals surface area (Å²) in [5, 5.41) is 26.4. The average molecular weight is 539 g/mol. The summed E-state index contributed by atoms with van der Waals surface area (Å²) < 4.78 is 13.0. The monoisotopic (exact) mass is 538 g/mol. The molecule has 2 aromatic heterocycles. The third-order valence-corrected chi connectivity index (χ3v) is 9.03. The van der Waals surface area contributed by atoms with Crippen molar-refractivity contribution >= 4 is 39.1 Å². The van der Waals surface area contributed by atoms with Crippen molar-refractivity contribution in [3.8, 4) is 11.3 Å². The molecule has 4 aromatic rings. The van der Waals surface area contributed by atoms with E-state index < -0.39 is 11.6 Å². The van der Waals surface area contributed by atoms with Crippen LogP contribution in [0.25, 0.3) is 21.5 Å². The second-order valence-corrected chi connectivity index (χ2v) is 11.6. The molecule has 0 amide bonds. The number of halogens is 1. The number of ether oxygens (including phenoxy) is 1. The number of carboxylic acid groups (broad SMARTS) is 1. The zero-order valence-corrected chi connectivity index (χ0v) is 21.9. The van der Waals surface area contributed by atoms with Gasteiger partial charge in [0.05, 0.1) is 33.5 Å². The van der Waals surface area contributed by atoms with E-state index >= 15 is 0 Å². The number of aliphatic hydroxyl groups is 1. The molecule has 2 N–H and O–H groups in total. The fourth-order valence-corrected chi connectivity index (χ4v) is 6.57. The van der Waals surface area contributed by atoms with Crippen LogP contribution in [-0.2, 0) is 16.9 Å². The molecule has 2 saturated carbocycles. The minimum Gasteiger partial charge on any atom is -0.478 e. The molecule has 2 fully saturated rings. The number of benzene rings is 2. The molecule has 0 spiro atoms. The lowest BCUT2D eigenvalue weighted by Gasteiger charge is -2.34. The number of hydrogen-bond acceptors (Lipinski definition) is 7. The Balaban J connectivity index is 1.17. The number of hydrogen-bond donors (Lipinski definition) is 2. The van der Waals surface area contributed by atoms with Gasteiger partial charge in [-0.25, -0.2) is 9.78 Å². The maximum atomic E-state index is 11.4. The Labute approximate surface area is 223 Å². The van der Waals surface area contributed by atoms with E-state index in [0.717, 1.165) is 45.7 Å². The highest BCUT2D eigenvalue weighted by atomic mass is 35.5. The van der Waals surface area contributed by atoms with Crippen LogP contribution in [0.4, 0.5) is 0 Å². The van der Waals surface area contributed by atoms with Gasteiger partial charge in [0, 0.05) is 17.0 Å². The van der Waals surface area contributed by atoms with Crippen molar-refractivity contribution in [2.45, 2.75) is 69.7 Å². The van der Waals surface area contributed by atoms with Gasteiger partial charge >= 0.3 is 5.97 Å². The molecule has 9 heteroatoms. The summed E-state index contributed by atoms with van der Waals surface area (Å²) in [4.78, 5) is 15.9. The summed E-state index contributed by atoms with van der Waals surface area (Å²) in [7, 11) is 0. The molecule has 0 radical (unpaired) electrons. The largest absolute Gasteiger partial charge is 0.478 e. The fourth-order valence-electron chi connectivity index (χ4n) is 5.17. The minimum absolute atomic E-state index is 0.00425. The number of aromatic carboxylic acids is 1. The minimum atomic E-state index is -1.04. The van der Waals surface area contributed by atoms with Gasteiger partial charge in [0.25, 0.3) is 0 Å². The highest BCUT2D eigenvalue weighted by molar-refractivity contribution is 7.18. The lowest BCUT2D eigenvalue weighted by Crippen LogP contribution is -2.34. The predicted octanol–water partition coefficient (Wildman–Crippen LogP) is 6.84. The summed E-state index contributed by atoms with van der Waals surface area (Å²) in [6.07, 6.45) is 4.62. The second kappa shape index (κ2) is 9.51. The number of nitrogens with zero attached hydrogens (tertiary/aromatic N) is 2. The van der Waals surface area contributed by atoms with Crippen molar-refractivity contribution in [2.75, 3.05) is 0 Å². The van der Waals surface area contributed by atoms with Crippen LogP contribution in [0.3, 0.4) is 0 Å². The van der Waals surface area contributed by atoms with Gasteiger partial charge in [-0.2, -0.15) is 0 Å². The molecule has 6 rings (SSSR count). The van der Waals surface area contributed by atoms with Crippen molar-refractivity contribution in [3.05, 3.63) is 68.9 Å². The summed E-state index contributed by atoms with van der Waals surface area (Å²) >= 11 is 7.97. The molecule has 0 unspecified atom stereocenters. The first-order valence-corrected chi connectivity index (χ1v) is 13.7. The lowest BCUT2D eigenvalue weighted by atomic mass is 9.83. The van der Waals surface area contributed by atoms with Gasteiger partial charge in [-0.1, -0.05) is 28.9 Å². The molecule has 37 heavy (non-hydrogen) atoms. The topological polar surface area (TPSA) is 106 Å². The number of rotatable bonds is 7. The number of thiazole rings is 1. The lowest BCUT2D eigenvalue weighted by molar-refractivity contribution is -0.0640. The van der Waals surface area contributed by atoms with E-state index in [-0.39, 0.29) is 11.7 Å². The molecule has 0 atom stereocenters. The molecule has 0 aliphatic heterocycles. The summed E-state index contributed by atoms with van der Waals surface area (Å²) in [5.41, 5.74) is 3.42. The zero-order chi connectivity index (χ0) is 25.7. The number of aryl methyl sites for hydroxylation is 1. The van der Waals surface area contributed by atoms with Gasteiger partial charge in [-0.15, -0.1) is 11.3 Å². The quantitative estimate of drug-likeness (QED) is 0.265.